The predicted molar refractivity (Wildman–Crippen MR) is 84.3 cm³/mol. The zero-order valence-corrected chi connectivity index (χ0v) is 13.3. The van der Waals surface area contributed by atoms with E-state index in [0.29, 0.717) is 12.4 Å². The Labute approximate surface area is 134 Å². The lowest BCUT2D eigenvalue weighted by Gasteiger charge is -2.35. The first kappa shape index (κ1) is 15.3. The Bertz CT molecular complexity index is 649. The van der Waals surface area contributed by atoms with E-state index in [1.54, 1.807) is 42.4 Å². The molecule has 3 rings (SSSR count). The van der Waals surface area contributed by atoms with Crippen LogP contribution in [0.15, 0.2) is 25.0 Å². The van der Waals surface area contributed by atoms with Crippen molar-refractivity contribution in [2.45, 2.75) is 0 Å². The van der Waals surface area contributed by atoms with Crippen LogP contribution in [0.4, 0.5) is 5.82 Å². The summed E-state index contributed by atoms with van der Waals surface area (Å²) in [5.74, 6) is 1.59. The lowest BCUT2D eigenvalue weighted by atomic mass is 10.3. The molecule has 9 nitrogen and oxygen atoms in total. The average Bonchev–Trinajstić information content (AvgIpc) is 3.10. The van der Waals surface area contributed by atoms with Gasteiger partial charge in [0.05, 0.1) is 18.9 Å². The quantitative estimate of drug-likeness (QED) is 0.735. The minimum Gasteiger partial charge on any atom is -0.353 e. The molecule has 1 aliphatic rings. The van der Waals surface area contributed by atoms with Crippen LogP contribution in [-0.4, -0.2) is 87.3 Å². The van der Waals surface area contributed by atoms with Crippen LogP contribution in [0.5, 0.6) is 0 Å². The highest BCUT2D eigenvalue weighted by Crippen LogP contribution is 2.14. The molecule has 0 saturated carbocycles. The highest BCUT2D eigenvalue weighted by molar-refractivity contribution is 5.77. The maximum Gasteiger partial charge on any atom is 0.236 e. The van der Waals surface area contributed by atoms with E-state index >= 15 is 0 Å². The van der Waals surface area contributed by atoms with Gasteiger partial charge in [-0.2, -0.15) is 5.10 Å². The molecular formula is C14H20N8O. The number of hydrogen-bond acceptors (Lipinski definition) is 7. The Morgan fingerprint density at radius 1 is 1.13 bits per heavy atom. The average molecular weight is 316 g/mol. The van der Waals surface area contributed by atoms with Crippen molar-refractivity contribution in [1.82, 2.24) is 34.5 Å². The molecule has 9 heteroatoms. The standard InChI is InChI=1S/C14H20N8O/c1-19(2)14(23)9-20-3-5-21(6-4-20)12-7-15-8-13(18-12)22-11-16-10-17-22/h7-8,10-11H,3-6,9H2,1-2H3. The van der Waals surface area contributed by atoms with Gasteiger partial charge in [-0.3, -0.25) is 14.7 Å². The number of hydrogen-bond donors (Lipinski definition) is 0. The second-order valence-electron chi connectivity index (χ2n) is 5.63. The van der Waals surface area contributed by atoms with E-state index in [9.17, 15) is 4.79 Å². The van der Waals surface area contributed by atoms with E-state index in [0.717, 1.165) is 32.0 Å². The summed E-state index contributed by atoms with van der Waals surface area (Å²) in [5.41, 5.74) is 0. The smallest absolute Gasteiger partial charge is 0.236 e. The molecule has 0 aliphatic carbocycles. The molecule has 2 aromatic heterocycles. The number of amides is 1. The van der Waals surface area contributed by atoms with Crippen molar-refractivity contribution in [2.24, 2.45) is 0 Å². The van der Waals surface area contributed by atoms with Crippen molar-refractivity contribution in [3.63, 3.8) is 0 Å². The predicted octanol–water partition coefficient (Wildman–Crippen LogP) is -0.732. The molecule has 0 bridgehead atoms. The van der Waals surface area contributed by atoms with Crippen molar-refractivity contribution in [3.8, 4) is 5.82 Å². The minimum absolute atomic E-state index is 0.131. The van der Waals surface area contributed by atoms with Gasteiger partial charge >= 0.3 is 0 Å². The van der Waals surface area contributed by atoms with Crippen molar-refractivity contribution in [3.05, 3.63) is 25.0 Å². The summed E-state index contributed by atoms with van der Waals surface area (Å²) in [6.07, 6.45) is 6.47. The summed E-state index contributed by atoms with van der Waals surface area (Å²) in [6.45, 7) is 3.75. The van der Waals surface area contributed by atoms with E-state index in [4.69, 9.17) is 0 Å². The number of anilines is 1. The maximum absolute atomic E-state index is 11.8. The van der Waals surface area contributed by atoms with Gasteiger partial charge in [-0.25, -0.2) is 14.6 Å². The summed E-state index contributed by atoms with van der Waals surface area (Å²) in [4.78, 5) is 30.5. The van der Waals surface area contributed by atoms with Crippen LogP contribution in [0, 0.1) is 0 Å². The minimum atomic E-state index is 0.131. The van der Waals surface area contributed by atoms with Crippen molar-refractivity contribution in [1.29, 1.82) is 0 Å². The number of likely N-dealkylation sites (N-methyl/N-ethyl adjacent to an activating group) is 1. The van der Waals surface area contributed by atoms with E-state index in [2.05, 4.69) is 29.9 Å². The summed E-state index contributed by atoms with van der Waals surface area (Å²) in [6, 6.07) is 0. The molecule has 0 N–H and O–H groups in total. The molecule has 0 radical (unpaired) electrons. The molecule has 3 heterocycles. The summed E-state index contributed by atoms with van der Waals surface area (Å²) < 4.78 is 1.59. The fourth-order valence-electron chi connectivity index (χ4n) is 2.40. The van der Waals surface area contributed by atoms with E-state index < -0.39 is 0 Å². The zero-order chi connectivity index (χ0) is 16.2. The molecule has 1 amide bonds. The number of carbonyl (C=O) groups excluding carboxylic acids is 1. The Kier molecular flexibility index (Phi) is 4.47. The van der Waals surface area contributed by atoms with Crippen LogP contribution in [0.3, 0.4) is 0 Å². The van der Waals surface area contributed by atoms with Gasteiger partial charge in [0, 0.05) is 40.3 Å². The summed E-state index contributed by atoms with van der Waals surface area (Å²) in [7, 11) is 3.56. The lowest BCUT2D eigenvalue weighted by Crippen LogP contribution is -2.49. The molecule has 0 unspecified atom stereocenters. The van der Waals surface area contributed by atoms with E-state index in [1.165, 1.54) is 6.33 Å². The number of piperazine rings is 1. The molecule has 23 heavy (non-hydrogen) atoms. The second kappa shape index (κ2) is 6.69. The molecule has 0 spiro atoms. The van der Waals surface area contributed by atoms with Crippen molar-refractivity contribution in [2.75, 3.05) is 51.7 Å². The number of carbonyl (C=O) groups is 1. The van der Waals surface area contributed by atoms with Gasteiger partial charge in [0.1, 0.15) is 18.5 Å². The van der Waals surface area contributed by atoms with Crippen molar-refractivity contribution < 1.29 is 4.79 Å². The molecule has 1 saturated heterocycles. The van der Waals surface area contributed by atoms with Crippen LogP contribution in [0.25, 0.3) is 5.82 Å². The van der Waals surface area contributed by atoms with Gasteiger partial charge in [-0.15, -0.1) is 0 Å². The zero-order valence-electron chi connectivity index (χ0n) is 13.3. The second-order valence-corrected chi connectivity index (χ2v) is 5.63. The SMILES string of the molecule is CN(C)C(=O)CN1CCN(c2cncc(-n3cncn3)n2)CC1. The van der Waals surface area contributed by atoms with Gasteiger partial charge in [0.25, 0.3) is 0 Å². The number of rotatable bonds is 4. The monoisotopic (exact) mass is 316 g/mol. The van der Waals surface area contributed by atoms with Gasteiger partial charge in [0.15, 0.2) is 5.82 Å². The van der Waals surface area contributed by atoms with Crippen LogP contribution >= 0.6 is 0 Å². The molecular weight excluding hydrogens is 296 g/mol. The van der Waals surface area contributed by atoms with Crippen LogP contribution < -0.4 is 4.90 Å². The molecule has 0 aromatic carbocycles. The summed E-state index contributed by atoms with van der Waals surface area (Å²) >= 11 is 0. The van der Waals surface area contributed by atoms with Gasteiger partial charge < -0.3 is 9.80 Å². The maximum atomic E-state index is 11.8. The van der Waals surface area contributed by atoms with Crippen LogP contribution in [0.1, 0.15) is 0 Å². The van der Waals surface area contributed by atoms with Crippen LogP contribution in [0.2, 0.25) is 0 Å². The lowest BCUT2D eigenvalue weighted by molar-refractivity contribution is -0.129. The third-order valence-corrected chi connectivity index (χ3v) is 3.82. The van der Waals surface area contributed by atoms with Gasteiger partial charge in [0.2, 0.25) is 5.91 Å². The molecule has 1 aliphatic heterocycles. The fraction of sp³-hybridized carbons (Fsp3) is 0.500. The van der Waals surface area contributed by atoms with E-state index in [-0.39, 0.29) is 5.91 Å². The molecule has 122 valence electrons. The van der Waals surface area contributed by atoms with Crippen molar-refractivity contribution >= 4 is 11.7 Å². The molecule has 2 aromatic rings. The summed E-state index contributed by atoms with van der Waals surface area (Å²) in [5, 5.41) is 4.07. The Hall–Kier alpha value is -2.55. The van der Waals surface area contributed by atoms with Crippen LogP contribution in [-0.2, 0) is 4.79 Å². The Morgan fingerprint density at radius 2 is 1.87 bits per heavy atom. The number of aromatic nitrogens is 5. The number of nitrogens with zero attached hydrogens (tertiary/aromatic N) is 8. The first-order valence-electron chi connectivity index (χ1n) is 7.48. The Balaban J connectivity index is 1.62. The highest BCUT2D eigenvalue weighted by Gasteiger charge is 2.21. The van der Waals surface area contributed by atoms with Gasteiger partial charge in [-0.1, -0.05) is 0 Å². The molecule has 0 atom stereocenters. The highest BCUT2D eigenvalue weighted by atomic mass is 16.2. The Morgan fingerprint density at radius 3 is 2.52 bits per heavy atom. The third-order valence-electron chi connectivity index (χ3n) is 3.82. The first-order valence-corrected chi connectivity index (χ1v) is 7.48. The van der Waals surface area contributed by atoms with E-state index in [1.807, 2.05) is 0 Å². The van der Waals surface area contributed by atoms with Gasteiger partial charge in [-0.05, 0) is 0 Å². The topological polar surface area (TPSA) is 83.3 Å². The third kappa shape index (κ3) is 3.62. The largest absolute Gasteiger partial charge is 0.353 e. The first-order chi connectivity index (χ1) is 11.1. The fourth-order valence-corrected chi connectivity index (χ4v) is 2.40. The molecule has 1 fully saturated rings. The normalized spacial score (nSPS) is 15.7.